The molecule has 5 nitrogen and oxygen atoms in total. The van der Waals surface area contributed by atoms with Crippen molar-refractivity contribution >= 4 is 11.8 Å². The third kappa shape index (κ3) is 3.43. The molecule has 0 heterocycles. The zero-order chi connectivity index (χ0) is 12.9. The van der Waals surface area contributed by atoms with Gasteiger partial charge in [0.15, 0.2) is 0 Å². The van der Waals surface area contributed by atoms with Crippen molar-refractivity contribution in [3.05, 3.63) is 0 Å². The van der Waals surface area contributed by atoms with E-state index < -0.39 is 5.54 Å². The summed E-state index contributed by atoms with van der Waals surface area (Å²) < 4.78 is 0. The van der Waals surface area contributed by atoms with Gasteiger partial charge in [0.25, 0.3) is 0 Å². The average Bonchev–Trinajstić information content (AvgIpc) is 2.35. The smallest absolute Gasteiger partial charge is 0.243 e. The van der Waals surface area contributed by atoms with Crippen LogP contribution in [-0.2, 0) is 9.59 Å². The van der Waals surface area contributed by atoms with E-state index >= 15 is 0 Å². The van der Waals surface area contributed by atoms with E-state index in [0.717, 1.165) is 32.1 Å². The second-order valence-electron chi connectivity index (χ2n) is 4.71. The van der Waals surface area contributed by atoms with E-state index in [4.69, 9.17) is 5.73 Å². The molecule has 1 fully saturated rings. The Hall–Kier alpha value is -1.10. The van der Waals surface area contributed by atoms with Gasteiger partial charge < -0.3 is 16.0 Å². The van der Waals surface area contributed by atoms with Crippen molar-refractivity contribution in [1.29, 1.82) is 0 Å². The van der Waals surface area contributed by atoms with Gasteiger partial charge in [-0.05, 0) is 19.8 Å². The first-order valence-electron chi connectivity index (χ1n) is 6.32. The van der Waals surface area contributed by atoms with Crippen LogP contribution in [0.3, 0.4) is 0 Å². The van der Waals surface area contributed by atoms with Crippen LogP contribution < -0.4 is 11.1 Å². The van der Waals surface area contributed by atoms with Crippen LogP contribution in [0.15, 0.2) is 0 Å². The van der Waals surface area contributed by atoms with Crippen molar-refractivity contribution in [2.24, 2.45) is 5.73 Å². The molecule has 1 aliphatic rings. The minimum absolute atomic E-state index is 0.0803. The lowest BCUT2D eigenvalue weighted by Gasteiger charge is -2.36. The fourth-order valence-electron chi connectivity index (χ4n) is 2.29. The molecule has 98 valence electrons. The molecule has 0 bridgehead atoms. The van der Waals surface area contributed by atoms with Crippen LogP contribution >= 0.6 is 0 Å². The molecule has 1 rings (SSSR count). The predicted molar refractivity (Wildman–Crippen MR) is 66.3 cm³/mol. The third-order valence-corrected chi connectivity index (χ3v) is 3.45. The van der Waals surface area contributed by atoms with Gasteiger partial charge in [-0.1, -0.05) is 19.3 Å². The molecule has 1 aliphatic carbocycles. The molecule has 0 unspecified atom stereocenters. The highest BCUT2D eigenvalue weighted by molar-refractivity contribution is 5.90. The Kier molecular flexibility index (Phi) is 4.93. The second kappa shape index (κ2) is 6.00. The largest absolute Gasteiger partial charge is 0.358 e. The lowest BCUT2D eigenvalue weighted by molar-refractivity contribution is -0.141. The van der Waals surface area contributed by atoms with E-state index in [0.29, 0.717) is 6.54 Å². The molecule has 0 aromatic carbocycles. The highest BCUT2D eigenvalue weighted by Gasteiger charge is 2.38. The van der Waals surface area contributed by atoms with E-state index in [1.165, 1.54) is 0 Å². The Morgan fingerprint density at radius 2 is 1.88 bits per heavy atom. The lowest BCUT2D eigenvalue weighted by atomic mass is 9.81. The highest BCUT2D eigenvalue weighted by atomic mass is 16.2. The number of carbonyl (C=O) groups excluding carboxylic acids is 2. The summed E-state index contributed by atoms with van der Waals surface area (Å²) in [5.74, 6) is -0.233. The SMILES string of the molecule is CCN(CC(=O)NC)C(=O)C1(N)CCCCC1. The molecule has 0 aromatic heterocycles. The lowest BCUT2D eigenvalue weighted by Crippen LogP contribution is -2.57. The maximum absolute atomic E-state index is 12.3. The van der Waals surface area contributed by atoms with Gasteiger partial charge in [0, 0.05) is 13.6 Å². The maximum atomic E-state index is 12.3. The number of rotatable bonds is 4. The molecule has 5 heteroatoms. The van der Waals surface area contributed by atoms with Gasteiger partial charge in [-0.3, -0.25) is 9.59 Å². The first-order valence-corrected chi connectivity index (χ1v) is 6.32. The Bertz CT molecular complexity index is 285. The summed E-state index contributed by atoms with van der Waals surface area (Å²) in [6.45, 7) is 2.49. The third-order valence-electron chi connectivity index (χ3n) is 3.45. The molecule has 17 heavy (non-hydrogen) atoms. The normalized spacial score (nSPS) is 18.5. The average molecular weight is 241 g/mol. The molecule has 0 aromatic rings. The van der Waals surface area contributed by atoms with Crippen molar-refractivity contribution in [2.45, 2.75) is 44.6 Å². The molecule has 0 atom stereocenters. The zero-order valence-corrected chi connectivity index (χ0v) is 10.8. The summed E-state index contributed by atoms with van der Waals surface area (Å²) in [5, 5.41) is 2.53. The van der Waals surface area contributed by atoms with E-state index in [-0.39, 0.29) is 18.4 Å². The number of nitrogens with one attached hydrogen (secondary N) is 1. The number of hydrogen-bond donors (Lipinski definition) is 2. The van der Waals surface area contributed by atoms with Crippen LogP contribution in [-0.4, -0.2) is 42.4 Å². The monoisotopic (exact) mass is 241 g/mol. The molecular weight excluding hydrogens is 218 g/mol. The van der Waals surface area contributed by atoms with Gasteiger partial charge in [-0.25, -0.2) is 0 Å². The zero-order valence-electron chi connectivity index (χ0n) is 10.8. The van der Waals surface area contributed by atoms with Crippen molar-refractivity contribution in [2.75, 3.05) is 20.1 Å². The topological polar surface area (TPSA) is 75.4 Å². The maximum Gasteiger partial charge on any atom is 0.243 e. The van der Waals surface area contributed by atoms with E-state index in [1.807, 2.05) is 6.92 Å². The van der Waals surface area contributed by atoms with Gasteiger partial charge in [-0.2, -0.15) is 0 Å². The van der Waals surface area contributed by atoms with Crippen LogP contribution in [0, 0.1) is 0 Å². The fraction of sp³-hybridized carbons (Fsp3) is 0.833. The van der Waals surface area contributed by atoms with Crippen LogP contribution in [0.1, 0.15) is 39.0 Å². The van der Waals surface area contributed by atoms with Crippen LogP contribution in [0.5, 0.6) is 0 Å². The molecule has 0 radical (unpaired) electrons. The number of nitrogens with two attached hydrogens (primary N) is 1. The molecule has 0 saturated heterocycles. The summed E-state index contributed by atoms with van der Waals surface area (Å²) in [6.07, 6.45) is 4.61. The number of carbonyl (C=O) groups is 2. The summed E-state index contributed by atoms with van der Waals surface area (Å²) in [5.41, 5.74) is 5.43. The van der Waals surface area contributed by atoms with Gasteiger partial charge in [-0.15, -0.1) is 0 Å². The summed E-state index contributed by atoms with van der Waals surface area (Å²) in [6, 6.07) is 0. The van der Waals surface area contributed by atoms with E-state index in [1.54, 1.807) is 11.9 Å². The van der Waals surface area contributed by atoms with E-state index in [2.05, 4.69) is 5.32 Å². The van der Waals surface area contributed by atoms with Crippen LogP contribution in [0.4, 0.5) is 0 Å². The first kappa shape index (κ1) is 14.0. The van der Waals surface area contributed by atoms with Gasteiger partial charge in [0.2, 0.25) is 11.8 Å². The number of amides is 2. The van der Waals surface area contributed by atoms with Gasteiger partial charge in [0.05, 0.1) is 12.1 Å². The van der Waals surface area contributed by atoms with Gasteiger partial charge in [0.1, 0.15) is 0 Å². The molecule has 3 N–H and O–H groups in total. The summed E-state index contributed by atoms with van der Waals surface area (Å²) in [7, 11) is 1.57. The minimum Gasteiger partial charge on any atom is -0.358 e. The molecular formula is C12H23N3O2. The summed E-state index contributed by atoms with van der Waals surface area (Å²) >= 11 is 0. The standard InChI is InChI=1S/C12H23N3O2/c1-3-15(9-10(16)14-2)11(17)12(13)7-5-4-6-8-12/h3-9,13H2,1-2H3,(H,14,16). The van der Waals surface area contributed by atoms with Crippen LogP contribution in [0.2, 0.25) is 0 Å². The highest BCUT2D eigenvalue weighted by Crippen LogP contribution is 2.27. The van der Waals surface area contributed by atoms with Crippen molar-refractivity contribution in [1.82, 2.24) is 10.2 Å². The van der Waals surface area contributed by atoms with Gasteiger partial charge >= 0.3 is 0 Å². The number of likely N-dealkylation sites (N-methyl/N-ethyl adjacent to an activating group) is 2. The Labute approximate surface area is 103 Å². The molecule has 1 saturated carbocycles. The Balaban J connectivity index is 2.67. The van der Waals surface area contributed by atoms with Crippen LogP contribution in [0.25, 0.3) is 0 Å². The number of nitrogens with zero attached hydrogens (tertiary/aromatic N) is 1. The predicted octanol–water partition coefficient (Wildman–Crippen LogP) is 0.243. The first-order chi connectivity index (χ1) is 8.03. The molecule has 0 aliphatic heterocycles. The molecule has 0 spiro atoms. The van der Waals surface area contributed by atoms with Crippen molar-refractivity contribution in [3.63, 3.8) is 0 Å². The number of hydrogen-bond acceptors (Lipinski definition) is 3. The van der Waals surface area contributed by atoms with E-state index in [9.17, 15) is 9.59 Å². The summed E-state index contributed by atoms with van der Waals surface area (Å²) in [4.78, 5) is 25.2. The second-order valence-corrected chi connectivity index (χ2v) is 4.71. The Morgan fingerprint density at radius 1 is 1.29 bits per heavy atom. The minimum atomic E-state index is -0.748. The van der Waals surface area contributed by atoms with Crippen molar-refractivity contribution in [3.8, 4) is 0 Å². The fourth-order valence-corrected chi connectivity index (χ4v) is 2.29. The molecule has 2 amide bonds. The Morgan fingerprint density at radius 3 is 2.35 bits per heavy atom. The van der Waals surface area contributed by atoms with Crippen molar-refractivity contribution < 1.29 is 9.59 Å². The quantitative estimate of drug-likeness (QED) is 0.740.